The quantitative estimate of drug-likeness (QED) is 0.876. The summed E-state index contributed by atoms with van der Waals surface area (Å²) in [4.78, 5) is 14.3. The van der Waals surface area contributed by atoms with Gasteiger partial charge in [-0.25, -0.2) is 0 Å². The Kier molecular flexibility index (Phi) is 3.61. The van der Waals surface area contributed by atoms with Crippen molar-refractivity contribution in [3.63, 3.8) is 0 Å². The Labute approximate surface area is 112 Å². The van der Waals surface area contributed by atoms with E-state index in [2.05, 4.69) is 34.4 Å². The number of aromatic nitrogens is 1. The number of likely N-dealkylation sites (tertiary alicyclic amines) is 1. The summed E-state index contributed by atoms with van der Waals surface area (Å²) in [5.74, 6) is 2.14. The van der Waals surface area contributed by atoms with Crippen molar-refractivity contribution in [1.29, 1.82) is 0 Å². The zero-order valence-corrected chi connectivity index (χ0v) is 11.2. The zero-order chi connectivity index (χ0) is 12.4. The van der Waals surface area contributed by atoms with Gasteiger partial charge in [-0.2, -0.15) is 0 Å². The van der Waals surface area contributed by atoms with Crippen LogP contribution in [0.1, 0.15) is 18.9 Å². The lowest BCUT2D eigenvalue weighted by molar-refractivity contribution is -0.133. The van der Waals surface area contributed by atoms with E-state index in [1.165, 1.54) is 0 Å². The molecule has 0 saturated carbocycles. The summed E-state index contributed by atoms with van der Waals surface area (Å²) >= 11 is 1.81. The Morgan fingerprint density at radius 1 is 1.22 bits per heavy atom. The maximum atomic E-state index is 12.2. The van der Waals surface area contributed by atoms with Crippen LogP contribution < -0.4 is 5.32 Å². The highest BCUT2D eigenvalue weighted by atomic mass is 32.2. The number of piperidine rings is 1. The third-order valence-corrected chi connectivity index (χ3v) is 4.78. The third kappa shape index (κ3) is 2.42. The van der Waals surface area contributed by atoms with Crippen molar-refractivity contribution in [3.05, 3.63) is 24.5 Å². The van der Waals surface area contributed by atoms with E-state index in [1.807, 2.05) is 16.7 Å². The van der Waals surface area contributed by atoms with E-state index in [1.54, 1.807) is 0 Å². The van der Waals surface area contributed by atoms with Crippen molar-refractivity contribution in [2.45, 2.75) is 24.9 Å². The van der Waals surface area contributed by atoms with Crippen LogP contribution >= 0.6 is 11.8 Å². The van der Waals surface area contributed by atoms with Gasteiger partial charge in [-0.1, -0.05) is 0 Å². The highest BCUT2D eigenvalue weighted by Gasteiger charge is 2.30. The molecule has 98 valence electrons. The van der Waals surface area contributed by atoms with Gasteiger partial charge in [0, 0.05) is 43.2 Å². The Bertz CT molecular complexity index is 392. The van der Waals surface area contributed by atoms with Crippen molar-refractivity contribution in [3.8, 4) is 0 Å². The van der Waals surface area contributed by atoms with Crippen LogP contribution in [0.15, 0.2) is 24.5 Å². The van der Waals surface area contributed by atoms with Crippen molar-refractivity contribution in [1.82, 2.24) is 14.8 Å². The number of thioether (sulfide) groups is 1. The molecule has 3 heterocycles. The SMILES string of the molecule is O=C(C1CSCN1)N1CCC(n2cccc2)CC1. The van der Waals surface area contributed by atoms with Gasteiger partial charge in [0.05, 0.1) is 6.04 Å². The number of nitrogens with zero attached hydrogens (tertiary/aromatic N) is 2. The molecule has 1 N–H and O–H groups in total. The highest BCUT2D eigenvalue weighted by molar-refractivity contribution is 7.99. The van der Waals surface area contributed by atoms with Gasteiger partial charge >= 0.3 is 0 Å². The molecule has 0 aliphatic carbocycles. The molecule has 3 rings (SSSR count). The Morgan fingerprint density at radius 2 is 1.94 bits per heavy atom. The predicted octanol–water partition coefficient (Wildman–Crippen LogP) is 1.31. The summed E-state index contributed by atoms with van der Waals surface area (Å²) in [5, 5.41) is 3.26. The van der Waals surface area contributed by atoms with E-state index in [-0.39, 0.29) is 6.04 Å². The number of amides is 1. The van der Waals surface area contributed by atoms with Crippen LogP contribution in [-0.4, -0.2) is 46.1 Å². The number of carbonyl (C=O) groups is 1. The second-order valence-corrected chi connectivity index (χ2v) is 5.99. The van der Waals surface area contributed by atoms with Crippen LogP contribution in [-0.2, 0) is 4.79 Å². The van der Waals surface area contributed by atoms with Crippen LogP contribution in [0.2, 0.25) is 0 Å². The van der Waals surface area contributed by atoms with Gasteiger partial charge in [0.1, 0.15) is 0 Å². The zero-order valence-electron chi connectivity index (χ0n) is 10.4. The topological polar surface area (TPSA) is 37.3 Å². The van der Waals surface area contributed by atoms with E-state index in [9.17, 15) is 4.79 Å². The molecule has 5 heteroatoms. The monoisotopic (exact) mass is 265 g/mol. The first kappa shape index (κ1) is 12.1. The number of hydrogen-bond acceptors (Lipinski definition) is 3. The van der Waals surface area contributed by atoms with Gasteiger partial charge in [-0.15, -0.1) is 11.8 Å². The minimum Gasteiger partial charge on any atom is -0.351 e. The lowest BCUT2D eigenvalue weighted by Gasteiger charge is -2.34. The van der Waals surface area contributed by atoms with Crippen molar-refractivity contribution in [2.24, 2.45) is 0 Å². The lowest BCUT2D eigenvalue weighted by Crippen LogP contribution is -2.48. The fourth-order valence-electron chi connectivity index (χ4n) is 2.75. The van der Waals surface area contributed by atoms with E-state index < -0.39 is 0 Å². The molecule has 2 aliphatic rings. The van der Waals surface area contributed by atoms with Gasteiger partial charge in [-0.3, -0.25) is 10.1 Å². The van der Waals surface area contributed by atoms with Gasteiger partial charge in [0.25, 0.3) is 0 Å². The second-order valence-electron chi connectivity index (χ2n) is 4.96. The largest absolute Gasteiger partial charge is 0.351 e. The molecule has 2 saturated heterocycles. The van der Waals surface area contributed by atoms with Gasteiger partial charge in [0.2, 0.25) is 5.91 Å². The van der Waals surface area contributed by atoms with Crippen LogP contribution in [0.5, 0.6) is 0 Å². The number of carbonyl (C=O) groups excluding carboxylic acids is 1. The van der Waals surface area contributed by atoms with Gasteiger partial charge in [-0.05, 0) is 25.0 Å². The average Bonchev–Trinajstić information content (AvgIpc) is 3.11. The minimum atomic E-state index is 0.0538. The number of nitrogens with one attached hydrogen (secondary N) is 1. The Balaban J connectivity index is 1.55. The first-order chi connectivity index (χ1) is 8.84. The fraction of sp³-hybridized carbons (Fsp3) is 0.615. The molecule has 1 amide bonds. The molecule has 0 bridgehead atoms. The highest BCUT2D eigenvalue weighted by Crippen LogP contribution is 2.23. The summed E-state index contributed by atoms with van der Waals surface area (Å²) in [6.45, 7) is 1.79. The average molecular weight is 265 g/mol. The summed E-state index contributed by atoms with van der Waals surface area (Å²) in [5.41, 5.74) is 0. The molecule has 0 spiro atoms. The maximum absolute atomic E-state index is 12.2. The van der Waals surface area contributed by atoms with Crippen LogP contribution in [0.4, 0.5) is 0 Å². The van der Waals surface area contributed by atoms with E-state index >= 15 is 0 Å². The molecule has 1 unspecified atom stereocenters. The molecule has 1 atom stereocenters. The fourth-order valence-corrected chi connectivity index (χ4v) is 3.68. The predicted molar refractivity (Wildman–Crippen MR) is 73.5 cm³/mol. The molecule has 0 radical (unpaired) electrons. The molecular weight excluding hydrogens is 246 g/mol. The standard InChI is InChI=1S/C13H19N3OS/c17-13(12-9-18-10-14-12)16-7-3-11(4-8-16)15-5-1-2-6-15/h1-2,5-6,11-12,14H,3-4,7-10H2. The molecule has 1 aromatic heterocycles. The normalized spacial score (nSPS) is 25.6. The third-order valence-electron chi connectivity index (χ3n) is 3.84. The molecule has 0 aromatic carbocycles. The Hall–Kier alpha value is -0.940. The molecular formula is C13H19N3OS. The molecule has 4 nitrogen and oxygen atoms in total. The first-order valence-electron chi connectivity index (χ1n) is 6.57. The second kappa shape index (κ2) is 5.36. The van der Waals surface area contributed by atoms with Gasteiger partial charge in [0.15, 0.2) is 0 Å². The van der Waals surface area contributed by atoms with E-state index in [0.717, 1.165) is 37.6 Å². The number of rotatable bonds is 2. The van der Waals surface area contributed by atoms with Crippen LogP contribution in [0.25, 0.3) is 0 Å². The summed E-state index contributed by atoms with van der Waals surface area (Å²) in [7, 11) is 0. The smallest absolute Gasteiger partial charge is 0.240 e. The van der Waals surface area contributed by atoms with E-state index in [4.69, 9.17) is 0 Å². The van der Waals surface area contributed by atoms with Crippen molar-refractivity contribution >= 4 is 17.7 Å². The van der Waals surface area contributed by atoms with Crippen LogP contribution in [0, 0.1) is 0 Å². The van der Waals surface area contributed by atoms with Gasteiger partial charge < -0.3 is 9.47 Å². The summed E-state index contributed by atoms with van der Waals surface area (Å²) < 4.78 is 2.27. The first-order valence-corrected chi connectivity index (χ1v) is 7.72. The maximum Gasteiger partial charge on any atom is 0.240 e. The lowest BCUT2D eigenvalue weighted by atomic mass is 10.0. The summed E-state index contributed by atoms with van der Waals surface area (Å²) in [6, 6.07) is 4.75. The summed E-state index contributed by atoms with van der Waals surface area (Å²) in [6.07, 6.45) is 6.38. The van der Waals surface area contributed by atoms with Crippen molar-refractivity contribution in [2.75, 3.05) is 24.7 Å². The molecule has 1 aromatic rings. The Morgan fingerprint density at radius 3 is 2.56 bits per heavy atom. The molecule has 2 fully saturated rings. The minimum absolute atomic E-state index is 0.0538. The number of hydrogen-bond donors (Lipinski definition) is 1. The van der Waals surface area contributed by atoms with Crippen molar-refractivity contribution < 1.29 is 4.79 Å². The van der Waals surface area contributed by atoms with Crippen LogP contribution in [0.3, 0.4) is 0 Å². The molecule has 18 heavy (non-hydrogen) atoms. The molecule has 2 aliphatic heterocycles. The van der Waals surface area contributed by atoms with E-state index in [0.29, 0.717) is 11.9 Å².